The number of methoxy groups -OCH3 is 1. The average molecular weight is 635 g/mol. The maximum absolute atomic E-state index is 12.4. The van der Waals surface area contributed by atoms with Gasteiger partial charge in [-0.2, -0.15) is 0 Å². The molecule has 3 atom stereocenters. The lowest BCUT2D eigenvalue weighted by Crippen LogP contribution is -2.44. The van der Waals surface area contributed by atoms with Gasteiger partial charge in [-0.25, -0.2) is 4.79 Å². The Morgan fingerprint density at radius 3 is 2.71 bits per heavy atom. The average Bonchev–Trinajstić information content (AvgIpc) is 3.34. The molecule has 2 aromatic rings. The van der Waals surface area contributed by atoms with Crippen molar-refractivity contribution in [3.05, 3.63) is 64.7 Å². The van der Waals surface area contributed by atoms with Gasteiger partial charge in [0.2, 0.25) is 1.43 Å². The minimum absolute atomic E-state index is 0.0883. The third-order valence-electron chi connectivity index (χ3n) is 6.77. The number of rotatable bonds is 9. The fourth-order valence-corrected chi connectivity index (χ4v) is 5.13. The predicted molar refractivity (Wildman–Crippen MR) is 160 cm³/mol. The van der Waals surface area contributed by atoms with E-state index in [1.807, 2.05) is 0 Å². The van der Waals surface area contributed by atoms with Crippen molar-refractivity contribution < 1.29 is 25.2 Å². The summed E-state index contributed by atoms with van der Waals surface area (Å²) >= 11 is 13.2. The van der Waals surface area contributed by atoms with E-state index in [0.717, 1.165) is 0 Å². The molecule has 0 spiro atoms. The second-order valence-corrected chi connectivity index (χ2v) is 15.9. The first-order valence-electron chi connectivity index (χ1n) is 13.5. The fourth-order valence-electron chi connectivity index (χ4n) is 3.48. The van der Waals surface area contributed by atoms with Crippen LogP contribution in [0.25, 0.3) is 10.4 Å². The summed E-state index contributed by atoms with van der Waals surface area (Å²) in [6, 6.07) is 1.59. The first kappa shape index (κ1) is 30.9. The molecule has 0 aliphatic carbocycles. The van der Waals surface area contributed by atoms with Crippen LogP contribution in [0.3, 0.4) is 0 Å². The van der Waals surface area contributed by atoms with Crippen LogP contribution in [0.2, 0.25) is 28.2 Å². The Morgan fingerprint density at radius 1 is 1.44 bits per heavy atom. The summed E-state index contributed by atoms with van der Waals surface area (Å²) in [5.41, 5.74) is 7.63. The normalized spacial score (nSPS) is 19.5. The van der Waals surface area contributed by atoms with E-state index in [2.05, 4.69) is 59.1 Å². The molecule has 0 amide bonds. The minimum atomic E-state index is -2.29. The quantitative estimate of drug-likeness (QED) is 0.0930. The van der Waals surface area contributed by atoms with Crippen molar-refractivity contribution in [1.29, 1.82) is 1.43 Å². The zero-order valence-corrected chi connectivity index (χ0v) is 26.4. The lowest BCUT2D eigenvalue weighted by molar-refractivity contribution is -0.0282. The highest BCUT2D eigenvalue weighted by molar-refractivity contribution is 6.74. The lowest BCUT2D eigenvalue weighted by Gasteiger charge is -2.37. The Hall–Kier alpha value is -3.00. The highest BCUT2D eigenvalue weighted by Gasteiger charge is 2.40. The summed E-state index contributed by atoms with van der Waals surface area (Å²) in [4.78, 5) is 34.9. The van der Waals surface area contributed by atoms with Crippen molar-refractivity contribution in [3.8, 4) is 11.5 Å². The van der Waals surface area contributed by atoms with Crippen LogP contribution in [0.15, 0.2) is 32.1 Å². The number of halogens is 2. The number of benzene rings is 1. The van der Waals surface area contributed by atoms with E-state index in [1.54, 1.807) is 6.07 Å². The number of aromatic nitrogens is 2. The highest BCUT2D eigenvalue weighted by atomic mass is 35.5. The molecule has 0 unspecified atom stereocenters. The van der Waals surface area contributed by atoms with Crippen LogP contribution in [-0.4, -0.2) is 57.1 Å². The number of nitrogens with zero attached hydrogens (tertiary/aromatic N) is 5. The van der Waals surface area contributed by atoms with Crippen LogP contribution in [0, 0.1) is 0 Å². The Morgan fingerprint density at radius 2 is 2.12 bits per heavy atom. The van der Waals surface area contributed by atoms with E-state index >= 15 is 0 Å². The monoisotopic (exact) mass is 633 g/mol. The van der Waals surface area contributed by atoms with Crippen LogP contribution >= 0.6 is 23.2 Å². The molecule has 226 valence electrons. The summed E-state index contributed by atoms with van der Waals surface area (Å²) < 4.78 is 32.5. The van der Waals surface area contributed by atoms with E-state index in [4.69, 9.17) is 50.3 Å². The standard InChI is InChI=1S/C24H32Cl2N6O6Si.CH4O/c1-13-17(9-19(36-13)32-12-14(10-28-31-27)22(33)30-23(32)34)37-29-11-15-16(25)8-18(35-5)21(20(15)26)38-39(6,7)24(2,3)4;1-2/h8,11-13,17,19H,9-10H2,1-7H3,(H,30,33,34);2H,1H3/b29-11+;/t13-,17-,19-;/m1./s1/i1D;2T. The van der Waals surface area contributed by atoms with E-state index in [1.165, 1.54) is 31.2 Å². The number of nitrogens with one attached hydrogen (secondary N) is 1. The minimum Gasteiger partial charge on any atom is -0.540 e. The molecule has 16 heteroatoms. The maximum Gasteiger partial charge on any atom is 0.330 e. The molecule has 1 saturated heterocycles. The third kappa shape index (κ3) is 8.06. The van der Waals surface area contributed by atoms with Crippen LogP contribution in [-0.2, 0) is 16.1 Å². The van der Waals surface area contributed by atoms with Gasteiger partial charge in [0.05, 0.1) is 36.0 Å². The highest BCUT2D eigenvalue weighted by Crippen LogP contribution is 2.46. The molecular weight excluding hydrogens is 595 g/mol. The molecule has 1 aliphatic heterocycles. The van der Waals surface area contributed by atoms with Crippen molar-refractivity contribution in [2.75, 3.05) is 14.2 Å². The van der Waals surface area contributed by atoms with Crippen LogP contribution in [0.1, 0.15) is 52.8 Å². The molecule has 1 fully saturated rings. The van der Waals surface area contributed by atoms with E-state index in [0.29, 0.717) is 17.1 Å². The molecule has 3 rings (SSSR count). The molecule has 0 saturated carbocycles. The van der Waals surface area contributed by atoms with Gasteiger partial charge in [-0.15, -0.1) is 0 Å². The van der Waals surface area contributed by atoms with Crippen molar-refractivity contribution in [1.82, 2.24) is 9.55 Å². The van der Waals surface area contributed by atoms with Gasteiger partial charge in [-0.1, -0.05) is 54.2 Å². The first-order chi connectivity index (χ1) is 20.1. The van der Waals surface area contributed by atoms with Gasteiger partial charge in [0.15, 0.2) is 17.6 Å². The number of aliphatic hydroxyl groups is 1. The number of ether oxygens (including phenoxy) is 2. The van der Waals surface area contributed by atoms with Gasteiger partial charge >= 0.3 is 5.69 Å². The summed E-state index contributed by atoms with van der Waals surface area (Å²) in [5, 5.41) is 11.3. The van der Waals surface area contributed by atoms with Gasteiger partial charge in [0, 0.05) is 43.2 Å². The Labute approximate surface area is 251 Å². The smallest absolute Gasteiger partial charge is 0.330 e. The van der Waals surface area contributed by atoms with Gasteiger partial charge in [-0.05, 0) is 30.6 Å². The zero-order valence-electron chi connectivity index (χ0n) is 25.9. The molecule has 1 aromatic heterocycles. The second kappa shape index (κ2) is 14.3. The number of hydrogen-bond acceptors (Lipinski definition) is 9. The molecule has 13 nitrogen and oxygen atoms in total. The number of aromatic amines is 1. The van der Waals surface area contributed by atoms with Gasteiger partial charge in [0.1, 0.15) is 6.23 Å². The number of hydrogen-bond donors (Lipinski definition) is 2. The molecule has 2 N–H and O–H groups in total. The van der Waals surface area contributed by atoms with E-state index < -0.39 is 38.0 Å². The zero-order chi connectivity index (χ0) is 32.5. The largest absolute Gasteiger partial charge is 0.540 e. The number of H-pyrrole nitrogens is 1. The van der Waals surface area contributed by atoms with E-state index in [-0.39, 0.29) is 40.5 Å². The van der Waals surface area contributed by atoms with Crippen LogP contribution < -0.4 is 20.4 Å². The summed E-state index contributed by atoms with van der Waals surface area (Å²) in [7, 11) is 0.508. The van der Waals surface area contributed by atoms with Crippen molar-refractivity contribution in [2.45, 2.75) is 77.2 Å². The second-order valence-electron chi connectivity index (χ2n) is 10.4. The Bertz CT molecular complexity index is 1460. The third-order valence-corrected chi connectivity index (χ3v) is 11.8. The van der Waals surface area contributed by atoms with Crippen LogP contribution in [0.5, 0.6) is 11.5 Å². The molecule has 0 radical (unpaired) electrons. The molecule has 1 aliphatic rings. The van der Waals surface area contributed by atoms with Crippen LogP contribution in [0.4, 0.5) is 0 Å². The SMILES string of the molecule is [2H]C[C@H]1O[C@@H](n2cc(CN=[N+]=[N-])c(=O)[nH]c2=O)C[C@H]1O/N=C/c1c(Cl)cc(OC)c(O[Si](C)(C)C(C)(C)C)c1Cl.[3H]OC. The summed E-state index contributed by atoms with van der Waals surface area (Å²) in [6.45, 7) is 10.1. The number of azide groups is 1. The first-order valence-corrected chi connectivity index (χ1v) is 16.0. The molecule has 41 heavy (non-hydrogen) atoms. The summed E-state index contributed by atoms with van der Waals surface area (Å²) in [6.07, 6.45) is 0.507. The van der Waals surface area contributed by atoms with Crippen molar-refractivity contribution in [2.24, 2.45) is 10.3 Å². The van der Waals surface area contributed by atoms with Gasteiger partial charge in [0.25, 0.3) is 13.9 Å². The maximum atomic E-state index is 12.4. The van der Waals surface area contributed by atoms with Crippen molar-refractivity contribution >= 4 is 37.7 Å². The topological polar surface area (TPSA) is 173 Å². The summed E-state index contributed by atoms with van der Waals surface area (Å²) in [5.74, 6) is 0.759. The fraction of sp³-hybridized carbons (Fsp3) is 0.560. The van der Waals surface area contributed by atoms with Crippen molar-refractivity contribution in [3.63, 3.8) is 0 Å². The molecular formula is C25H36Cl2N6O7Si. The van der Waals surface area contributed by atoms with Gasteiger partial charge in [-0.3, -0.25) is 14.3 Å². The Kier molecular flexibility index (Phi) is 10.8. The number of oxime groups is 1. The molecule has 2 heterocycles. The van der Waals surface area contributed by atoms with E-state index in [9.17, 15) is 9.59 Å². The lowest BCUT2D eigenvalue weighted by atomic mass is 10.2. The number of aliphatic hydroxyl groups excluding tert-OH is 1. The Balaban J connectivity index is 0.00000206. The molecule has 0 bridgehead atoms. The predicted octanol–water partition coefficient (Wildman–Crippen LogP) is 5.38. The van der Waals surface area contributed by atoms with Gasteiger partial charge < -0.3 is 23.8 Å². The molecule has 1 aromatic carbocycles.